The molecule has 129 heavy (non-hydrogen) atoms. The second-order valence-corrected chi connectivity index (χ2v) is 34.8. The van der Waals surface area contributed by atoms with E-state index in [1.54, 1.807) is 55.7 Å². The van der Waals surface area contributed by atoms with Crippen LogP contribution in [0.2, 0.25) is 0 Å². The zero-order chi connectivity index (χ0) is 96.7. The van der Waals surface area contributed by atoms with Crippen molar-refractivity contribution in [1.29, 1.82) is 0 Å². The van der Waals surface area contributed by atoms with E-state index in [0.29, 0.717) is 76.9 Å². The van der Waals surface area contributed by atoms with Gasteiger partial charge in [-0.15, -0.1) is 0 Å². The molecule has 0 spiro atoms. The Labute approximate surface area is 822 Å². The van der Waals surface area contributed by atoms with E-state index < -0.39 is 0 Å². The highest BCUT2D eigenvalue weighted by Gasteiger charge is 2.20. The van der Waals surface area contributed by atoms with Gasteiger partial charge in [0.05, 0.1) is 0 Å². The Balaban J connectivity index is -0.0000000707. The number of nitrogens with zero attached hydrogens (tertiary/aromatic N) is 3. The lowest BCUT2D eigenvalue weighted by atomic mass is 9.91. The first kappa shape index (κ1) is 163. The van der Waals surface area contributed by atoms with Gasteiger partial charge >= 0.3 is 0 Å². The first-order valence-electron chi connectivity index (χ1n) is 50.0. The molecule has 0 saturated carbocycles. The van der Waals surface area contributed by atoms with Crippen molar-refractivity contribution in [1.82, 2.24) is 15.0 Å². The van der Waals surface area contributed by atoms with Gasteiger partial charge in [-0.25, -0.2) is 0 Å². The lowest BCUT2D eigenvalue weighted by molar-refractivity contribution is 0.702. The average molecular weight is 1800 g/mol. The van der Waals surface area contributed by atoms with Crippen LogP contribution in [0.3, 0.4) is 0 Å². The fourth-order valence-electron chi connectivity index (χ4n) is 14.2. The highest BCUT2D eigenvalue weighted by atomic mass is 14.7. The van der Waals surface area contributed by atoms with E-state index in [2.05, 4.69) is 367 Å². The molecule has 0 bridgehead atoms. The van der Waals surface area contributed by atoms with Crippen LogP contribution in [0.15, 0.2) is 196 Å². The van der Waals surface area contributed by atoms with Crippen molar-refractivity contribution in [2.45, 2.75) is 513 Å². The van der Waals surface area contributed by atoms with Gasteiger partial charge in [0.2, 0.25) is 0 Å². The quantitative estimate of drug-likeness (QED) is 0.0997. The van der Waals surface area contributed by atoms with E-state index >= 15 is 0 Å². The lowest BCUT2D eigenvalue weighted by Crippen LogP contribution is -2.00. The minimum absolute atomic E-state index is 0. The number of pyridine rings is 3. The van der Waals surface area contributed by atoms with Crippen molar-refractivity contribution in [2.75, 3.05) is 0 Å². The van der Waals surface area contributed by atoms with Crippen LogP contribution in [-0.2, 0) is 0 Å². The maximum Gasteiger partial charge on any atom is 0.0463 e. The van der Waals surface area contributed by atoms with Crippen molar-refractivity contribution in [3.05, 3.63) is 241 Å². The molecular weight excluding hydrogens is 1560 g/mol. The summed E-state index contributed by atoms with van der Waals surface area (Å²) in [5.74, 6) is 11.9. The Kier molecular flexibility index (Phi) is 128. The molecule has 3 aromatic heterocycles. The highest BCUT2D eigenvalue weighted by Crippen LogP contribution is 2.36. The van der Waals surface area contributed by atoms with E-state index in [1.165, 1.54) is 76.7 Å². The Morgan fingerprint density at radius 1 is 0.178 bits per heavy atom. The van der Waals surface area contributed by atoms with Gasteiger partial charge in [-0.3, -0.25) is 15.0 Å². The van der Waals surface area contributed by atoms with Crippen LogP contribution in [0.4, 0.5) is 0 Å². The normalized spacial score (nSPS) is 12.1. The smallest absolute Gasteiger partial charge is 0.0463 e. The number of hydrogen-bond donors (Lipinski definition) is 0. The molecular formula is C126H245N3. The highest BCUT2D eigenvalue weighted by molar-refractivity contribution is 5.40. The SMILES string of the molecule is C.C.C.C.C.C.C.C.CC.CC.CC.CC.CC.CC.CC.CC.CC.CC(C)C1=C(C(C)C)CC=C1.CC(C)C1=C(C(C)C)CC=C1.CC(C)C1=C(C(C)C)CC=C1.CC(C)C1=C(C(C)C)CC=C1.CC(C)C1=C(C(C)C)CC=C1.CC(C)c1ccccc1C(C)C.CC(C)c1cccnc1C(C)C.CC(C)c1ccncc1C(C)C.CC(C)c1ccncc1C(C)C. The standard InChI is InChI=1S/C12H18.3C11H17N.5C11H18.9C2H6.8CH4/c1-9(2)11-7-5-6-8-12(11)10(3)4;2*1-8(2)10-5-6-12-7-11(10)9(3)4;1-8(2)10-6-5-7-12-11(10)9(3)4;5*1-8(2)10-6-5-7-11(10)9(3)4;9*1-2;;;;;;;;/h5-10H,1-4H3;3*5-9H,1-4H3;5*5-6,8-9H,7H2,1-4H3;9*1-2H3;8*1H4. The summed E-state index contributed by atoms with van der Waals surface area (Å²) in [4.78, 5) is 12.7. The summed E-state index contributed by atoms with van der Waals surface area (Å²) in [6, 6.07) is 17.2. The maximum atomic E-state index is 4.40. The maximum absolute atomic E-state index is 4.40. The minimum Gasteiger partial charge on any atom is -0.264 e. The Morgan fingerprint density at radius 2 is 0.349 bits per heavy atom. The Hall–Kier alpha value is -5.93. The van der Waals surface area contributed by atoms with Crippen LogP contribution in [0, 0.1) is 59.2 Å². The summed E-state index contributed by atoms with van der Waals surface area (Å²) in [7, 11) is 0. The molecule has 0 N–H and O–H groups in total. The molecule has 3 heteroatoms. The van der Waals surface area contributed by atoms with Crippen LogP contribution in [0.25, 0.3) is 0 Å². The summed E-state index contributed by atoms with van der Waals surface area (Å²) in [6.45, 7) is 117. The number of rotatable bonds is 18. The number of aromatic nitrogens is 3. The molecule has 0 saturated heterocycles. The summed E-state index contributed by atoms with van der Waals surface area (Å²) in [5, 5.41) is 0. The van der Waals surface area contributed by atoms with Gasteiger partial charge in [-0.05, 0) is 224 Å². The average Bonchev–Trinajstić information content (AvgIpc) is 1.28. The zero-order valence-corrected chi connectivity index (χ0v) is 91.5. The Bertz CT molecular complexity index is 2800. The number of hydrogen-bond acceptors (Lipinski definition) is 3. The summed E-state index contributed by atoms with van der Waals surface area (Å²) >= 11 is 0. The number of allylic oxidation sites excluding steroid dienone is 20. The molecule has 5 aliphatic rings. The van der Waals surface area contributed by atoms with Crippen molar-refractivity contribution in [3.8, 4) is 0 Å². The van der Waals surface area contributed by atoms with E-state index in [1.807, 2.05) is 162 Å². The fourth-order valence-corrected chi connectivity index (χ4v) is 14.2. The third kappa shape index (κ3) is 68.7. The molecule has 3 nitrogen and oxygen atoms in total. The molecule has 1 aromatic carbocycles. The Morgan fingerprint density at radius 3 is 0.481 bits per heavy atom. The summed E-state index contributed by atoms with van der Waals surface area (Å²) in [6.07, 6.45) is 38.4. The summed E-state index contributed by atoms with van der Waals surface area (Å²) < 4.78 is 0. The predicted octanol–water partition coefficient (Wildman–Crippen LogP) is 46.0. The molecule has 0 atom stereocenters. The molecule has 0 aliphatic heterocycles. The van der Waals surface area contributed by atoms with Gasteiger partial charge in [0.15, 0.2) is 0 Å². The molecule has 0 fully saturated rings. The monoisotopic (exact) mass is 1800 g/mol. The molecule has 4 aromatic rings. The first-order chi connectivity index (χ1) is 57.1. The largest absolute Gasteiger partial charge is 0.264 e. The van der Waals surface area contributed by atoms with Crippen LogP contribution >= 0.6 is 0 Å². The molecule has 0 amide bonds. The van der Waals surface area contributed by atoms with Gasteiger partial charge in [-0.2, -0.15) is 0 Å². The van der Waals surface area contributed by atoms with Crippen LogP contribution < -0.4 is 0 Å². The molecule has 9 rings (SSSR count). The fraction of sp³-hybridized carbons (Fsp3) is 0.675. The first-order valence-corrected chi connectivity index (χ1v) is 50.0. The third-order valence-electron chi connectivity index (χ3n) is 20.2. The van der Waals surface area contributed by atoms with E-state index in [4.69, 9.17) is 0 Å². The van der Waals surface area contributed by atoms with Crippen molar-refractivity contribution < 1.29 is 0 Å². The van der Waals surface area contributed by atoms with E-state index in [-0.39, 0.29) is 59.4 Å². The molecule has 764 valence electrons. The van der Waals surface area contributed by atoms with Gasteiger partial charge in [0.25, 0.3) is 0 Å². The lowest BCUT2D eigenvalue weighted by Gasteiger charge is -2.14. The van der Waals surface area contributed by atoms with Crippen molar-refractivity contribution >= 4 is 0 Å². The second kappa shape index (κ2) is 101. The van der Waals surface area contributed by atoms with E-state index in [0.717, 1.165) is 29.6 Å². The van der Waals surface area contributed by atoms with Crippen LogP contribution in [0.1, 0.15) is 557 Å². The number of benzene rings is 1. The van der Waals surface area contributed by atoms with Gasteiger partial charge in [-0.1, -0.05) is 552 Å². The summed E-state index contributed by atoms with van der Waals surface area (Å²) in [5.41, 5.74) is 27.3. The van der Waals surface area contributed by atoms with E-state index in [9.17, 15) is 0 Å². The van der Waals surface area contributed by atoms with Crippen LogP contribution in [0.5, 0.6) is 0 Å². The van der Waals surface area contributed by atoms with Gasteiger partial charge in [0, 0.05) is 36.7 Å². The molecule has 3 heterocycles. The topological polar surface area (TPSA) is 38.7 Å². The molecule has 0 radical (unpaired) electrons. The van der Waals surface area contributed by atoms with Crippen molar-refractivity contribution in [2.24, 2.45) is 59.2 Å². The van der Waals surface area contributed by atoms with Gasteiger partial charge < -0.3 is 0 Å². The predicted molar refractivity (Wildman–Crippen MR) is 620 cm³/mol. The zero-order valence-electron chi connectivity index (χ0n) is 91.5. The third-order valence-corrected chi connectivity index (χ3v) is 20.2. The van der Waals surface area contributed by atoms with Gasteiger partial charge in [0.1, 0.15) is 0 Å². The minimum atomic E-state index is 0. The second-order valence-electron chi connectivity index (χ2n) is 34.8. The van der Waals surface area contributed by atoms with Crippen molar-refractivity contribution in [3.63, 3.8) is 0 Å². The van der Waals surface area contributed by atoms with Crippen LogP contribution in [-0.4, -0.2) is 15.0 Å². The molecule has 0 unspecified atom stereocenters. The molecule has 5 aliphatic carbocycles.